The van der Waals surface area contributed by atoms with Crippen LogP contribution in [0, 0.1) is 40.4 Å². The molecule has 6 rings (SSSR count). The minimum Gasteiger partial charge on any atom is -0.392 e. The van der Waals surface area contributed by atoms with Crippen LogP contribution in [0.3, 0.4) is 0 Å². The van der Waals surface area contributed by atoms with Gasteiger partial charge in [-0.15, -0.1) is 0 Å². The van der Waals surface area contributed by atoms with Crippen molar-refractivity contribution in [2.24, 2.45) is 40.4 Å². The highest BCUT2D eigenvalue weighted by molar-refractivity contribution is 5.35. The van der Waals surface area contributed by atoms with Crippen LogP contribution in [0.5, 0.6) is 0 Å². The van der Waals surface area contributed by atoms with Crippen LogP contribution < -0.4 is 0 Å². The van der Waals surface area contributed by atoms with Crippen molar-refractivity contribution in [1.82, 2.24) is 4.90 Å². The summed E-state index contributed by atoms with van der Waals surface area (Å²) in [6.07, 6.45) is 3.29. The van der Waals surface area contributed by atoms with Crippen molar-refractivity contribution in [3.63, 3.8) is 0 Å². The van der Waals surface area contributed by atoms with E-state index in [1.54, 1.807) is 7.11 Å². The maximum atomic E-state index is 12.5. The first-order valence-electron chi connectivity index (χ1n) is 12.1. The van der Waals surface area contributed by atoms with Gasteiger partial charge in [-0.25, -0.2) is 0 Å². The average molecular weight is 422 g/mol. The van der Waals surface area contributed by atoms with E-state index in [4.69, 9.17) is 14.2 Å². The van der Waals surface area contributed by atoms with Crippen LogP contribution in [0.2, 0.25) is 0 Å². The standard InChI is InChI=1S/C24H39NO5/c1-6-25-11-22(2)8-7-15(29-4)24-13-9-12-14(28-3)10-23(27,16(13)18(12)26)17(21(24)25)19(30-5)20(22)24/h12-21,26-27H,6-11H2,1-5H3/t12-,13-,14+,15+,16-,17+,18+,19+,20-,21?,22+,23-,24+/m1/s1. The van der Waals surface area contributed by atoms with Crippen LogP contribution in [0.1, 0.15) is 39.5 Å². The van der Waals surface area contributed by atoms with Crippen molar-refractivity contribution in [2.45, 2.75) is 75.6 Å². The van der Waals surface area contributed by atoms with Crippen molar-refractivity contribution >= 4 is 0 Å². The molecule has 170 valence electrons. The molecule has 1 spiro atoms. The van der Waals surface area contributed by atoms with Gasteiger partial charge in [-0.2, -0.15) is 0 Å². The van der Waals surface area contributed by atoms with Gasteiger partial charge in [0.1, 0.15) is 0 Å². The SMILES string of the molecule is CCN1C[C@]2(C)CC[C@H](OC)[C@]34C1[C@H]([C@H](OC)[C@H]23)[C@@]1(O)C[C@H](OC)[C@H]2C[C@@H]4[C@@H]1[C@H]2O. The topological polar surface area (TPSA) is 71.4 Å². The molecule has 30 heavy (non-hydrogen) atoms. The second kappa shape index (κ2) is 6.21. The molecule has 6 nitrogen and oxygen atoms in total. The summed E-state index contributed by atoms with van der Waals surface area (Å²) in [6.45, 7) is 6.76. The van der Waals surface area contributed by atoms with E-state index in [1.165, 1.54) is 0 Å². The Labute approximate surface area is 180 Å². The van der Waals surface area contributed by atoms with Crippen molar-refractivity contribution in [2.75, 3.05) is 34.4 Å². The van der Waals surface area contributed by atoms with Crippen LogP contribution in [-0.2, 0) is 14.2 Å². The minimum absolute atomic E-state index is 0.00800. The number of likely N-dealkylation sites (tertiary alicyclic amines) is 1. The molecule has 5 aliphatic carbocycles. The summed E-state index contributed by atoms with van der Waals surface area (Å²) in [7, 11) is 5.45. The zero-order valence-electron chi connectivity index (χ0n) is 19.1. The number of fused-ring (bicyclic) bond motifs is 2. The molecule has 0 aromatic rings. The van der Waals surface area contributed by atoms with E-state index in [9.17, 15) is 10.2 Å². The second-order valence-corrected chi connectivity index (χ2v) is 11.6. The summed E-state index contributed by atoms with van der Waals surface area (Å²) in [5.74, 6) is 0.597. The molecule has 2 N–H and O–H groups in total. The van der Waals surface area contributed by atoms with E-state index >= 15 is 0 Å². The Balaban J connectivity index is 1.64. The maximum absolute atomic E-state index is 12.5. The molecular formula is C24H39NO5. The maximum Gasteiger partial charge on any atom is 0.0796 e. The van der Waals surface area contributed by atoms with Crippen LogP contribution in [0.25, 0.3) is 0 Å². The first kappa shape index (κ1) is 20.4. The lowest BCUT2D eigenvalue weighted by atomic mass is 9.43. The first-order chi connectivity index (χ1) is 14.3. The van der Waals surface area contributed by atoms with Gasteiger partial charge in [0, 0.05) is 69.4 Å². The Morgan fingerprint density at radius 2 is 1.87 bits per heavy atom. The van der Waals surface area contributed by atoms with Gasteiger partial charge in [0.05, 0.1) is 30.0 Å². The second-order valence-electron chi connectivity index (χ2n) is 11.6. The van der Waals surface area contributed by atoms with Gasteiger partial charge in [-0.1, -0.05) is 13.8 Å². The van der Waals surface area contributed by atoms with Crippen molar-refractivity contribution in [1.29, 1.82) is 0 Å². The highest BCUT2D eigenvalue weighted by Crippen LogP contribution is 2.79. The molecule has 6 fully saturated rings. The molecule has 13 atom stereocenters. The normalized spacial score (nSPS) is 63.3. The van der Waals surface area contributed by atoms with E-state index in [-0.39, 0.29) is 58.9 Å². The smallest absolute Gasteiger partial charge is 0.0796 e. The largest absolute Gasteiger partial charge is 0.392 e. The third kappa shape index (κ3) is 1.92. The number of hydrogen-bond donors (Lipinski definition) is 2. The number of aliphatic hydroxyl groups excluding tert-OH is 1. The Hall–Kier alpha value is -0.240. The minimum atomic E-state index is -0.956. The number of hydrogen-bond acceptors (Lipinski definition) is 6. The van der Waals surface area contributed by atoms with Crippen LogP contribution in [-0.4, -0.2) is 85.6 Å². The quantitative estimate of drug-likeness (QED) is 0.717. The summed E-state index contributed by atoms with van der Waals surface area (Å²) >= 11 is 0. The predicted molar refractivity (Wildman–Crippen MR) is 111 cm³/mol. The Morgan fingerprint density at radius 3 is 2.50 bits per heavy atom. The zero-order valence-corrected chi connectivity index (χ0v) is 19.1. The molecule has 6 aliphatic rings. The molecule has 0 aromatic carbocycles. The summed E-state index contributed by atoms with van der Waals surface area (Å²) in [4.78, 5) is 2.65. The predicted octanol–water partition coefficient (Wildman–Crippen LogP) is 1.53. The molecule has 6 heteroatoms. The molecule has 1 heterocycles. The summed E-state index contributed by atoms with van der Waals surface area (Å²) in [5.41, 5.74) is -0.880. The van der Waals surface area contributed by atoms with Crippen LogP contribution in [0.15, 0.2) is 0 Å². The van der Waals surface area contributed by atoms with Gasteiger partial charge in [0.25, 0.3) is 0 Å². The number of nitrogens with zero attached hydrogens (tertiary/aromatic N) is 1. The molecule has 1 unspecified atom stereocenters. The molecule has 5 saturated carbocycles. The number of aliphatic hydroxyl groups is 2. The fourth-order valence-corrected chi connectivity index (χ4v) is 10.7. The van der Waals surface area contributed by atoms with E-state index in [0.717, 1.165) is 32.4 Å². The summed E-state index contributed by atoms with van der Waals surface area (Å²) < 4.78 is 18.5. The molecule has 0 amide bonds. The fraction of sp³-hybridized carbons (Fsp3) is 1.00. The molecule has 0 aromatic heterocycles. The Kier molecular flexibility index (Phi) is 4.21. The Bertz CT molecular complexity index is 734. The third-order valence-electron chi connectivity index (χ3n) is 11.2. The number of rotatable bonds is 4. The fourth-order valence-electron chi connectivity index (χ4n) is 10.7. The number of methoxy groups -OCH3 is 3. The van der Waals surface area contributed by atoms with Gasteiger partial charge in [0.15, 0.2) is 0 Å². The van der Waals surface area contributed by atoms with E-state index in [0.29, 0.717) is 12.3 Å². The van der Waals surface area contributed by atoms with E-state index < -0.39 is 11.7 Å². The molecule has 1 aliphatic heterocycles. The van der Waals surface area contributed by atoms with Crippen LogP contribution >= 0.6 is 0 Å². The zero-order chi connectivity index (χ0) is 21.2. The van der Waals surface area contributed by atoms with Gasteiger partial charge in [-0.3, -0.25) is 4.90 Å². The number of ether oxygens (including phenoxy) is 3. The van der Waals surface area contributed by atoms with Crippen LogP contribution in [0.4, 0.5) is 0 Å². The van der Waals surface area contributed by atoms with Gasteiger partial charge in [-0.05, 0) is 37.1 Å². The van der Waals surface area contributed by atoms with Gasteiger partial charge >= 0.3 is 0 Å². The molecular weight excluding hydrogens is 382 g/mol. The van der Waals surface area contributed by atoms with Crippen molar-refractivity contribution < 1.29 is 24.4 Å². The average Bonchev–Trinajstić information content (AvgIpc) is 3.14. The summed E-state index contributed by atoms with van der Waals surface area (Å²) in [6, 6.07) is 0.239. The van der Waals surface area contributed by atoms with E-state index in [1.807, 2.05) is 14.2 Å². The number of piperidine rings is 1. The first-order valence-corrected chi connectivity index (χ1v) is 12.1. The highest BCUT2D eigenvalue weighted by Gasteiger charge is 2.85. The molecule has 0 radical (unpaired) electrons. The van der Waals surface area contributed by atoms with Gasteiger partial charge in [0.2, 0.25) is 0 Å². The lowest BCUT2D eigenvalue weighted by Gasteiger charge is -2.68. The van der Waals surface area contributed by atoms with E-state index in [2.05, 4.69) is 18.7 Å². The lowest BCUT2D eigenvalue weighted by Crippen LogP contribution is -2.75. The third-order valence-corrected chi connectivity index (χ3v) is 11.2. The lowest BCUT2D eigenvalue weighted by molar-refractivity contribution is -0.270. The van der Waals surface area contributed by atoms with Gasteiger partial charge < -0.3 is 24.4 Å². The Morgan fingerprint density at radius 1 is 1.10 bits per heavy atom. The van der Waals surface area contributed by atoms with Crippen molar-refractivity contribution in [3.05, 3.63) is 0 Å². The molecule has 7 bridgehead atoms. The molecule has 1 saturated heterocycles. The highest BCUT2D eigenvalue weighted by atomic mass is 16.5. The summed E-state index contributed by atoms with van der Waals surface area (Å²) in [5, 5.41) is 24.0. The monoisotopic (exact) mass is 421 g/mol. The van der Waals surface area contributed by atoms with Crippen molar-refractivity contribution in [3.8, 4) is 0 Å².